The lowest BCUT2D eigenvalue weighted by Gasteiger charge is -2.49. The van der Waals surface area contributed by atoms with E-state index < -0.39 is 5.54 Å². The Labute approximate surface area is 119 Å². The van der Waals surface area contributed by atoms with Gasteiger partial charge < -0.3 is 10.6 Å². The SMILES string of the molecule is C[SH](C)N1CCC2CN(C(=O)C(C)(C)N)CCN2C1. The van der Waals surface area contributed by atoms with E-state index in [1.54, 1.807) is 13.8 Å². The topological polar surface area (TPSA) is 52.8 Å². The lowest BCUT2D eigenvalue weighted by Crippen LogP contribution is -2.63. The van der Waals surface area contributed by atoms with Gasteiger partial charge in [0.2, 0.25) is 5.91 Å². The molecule has 2 aliphatic rings. The smallest absolute Gasteiger partial charge is 0.242 e. The van der Waals surface area contributed by atoms with Crippen LogP contribution in [0.2, 0.25) is 0 Å². The van der Waals surface area contributed by atoms with Gasteiger partial charge in [-0.1, -0.05) is 0 Å². The van der Waals surface area contributed by atoms with E-state index >= 15 is 0 Å². The van der Waals surface area contributed by atoms with Crippen molar-refractivity contribution in [3.05, 3.63) is 0 Å². The summed E-state index contributed by atoms with van der Waals surface area (Å²) in [6.07, 6.45) is 5.79. The van der Waals surface area contributed by atoms with Crippen LogP contribution in [0.4, 0.5) is 0 Å². The number of hydrogen-bond donors (Lipinski definition) is 2. The van der Waals surface area contributed by atoms with Gasteiger partial charge in [-0.3, -0.25) is 14.0 Å². The summed E-state index contributed by atoms with van der Waals surface area (Å²) in [6.45, 7) is 8.46. The van der Waals surface area contributed by atoms with Gasteiger partial charge in [0.25, 0.3) is 0 Å². The van der Waals surface area contributed by atoms with Gasteiger partial charge in [-0.25, -0.2) is 11.1 Å². The summed E-state index contributed by atoms with van der Waals surface area (Å²) in [5.41, 5.74) is 5.18. The number of rotatable bonds is 2. The summed E-state index contributed by atoms with van der Waals surface area (Å²) >= 11 is -0.00185. The highest BCUT2D eigenvalue weighted by Gasteiger charge is 2.36. The second-order valence-electron chi connectivity index (χ2n) is 6.45. The molecule has 2 rings (SSSR count). The van der Waals surface area contributed by atoms with Gasteiger partial charge in [0.05, 0.1) is 12.2 Å². The molecule has 19 heavy (non-hydrogen) atoms. The van der Waals surface area contributed by atoms with Crippen molar-refractivity contribution in [2.45, 2.75) is 31.8 Å². The van der Waals surface area contributed by atoms with Gasteiger partial charge in [-0.15, -0.1) is 0 Å². The zero-order valence-electron chi connectivity index (χ0n) is 12.6. The summed E-state index contributed by atoms with van der Waals surface area (Å²) in [7, 11) is 0. The average Bonchev–Trinajstić information content (AvgIpc) is 2.35. The van der Waals surface area contributed by atoms with Crippen LogP contribution in [0.3, 0.4) is 0 Å². The highest BCUT2D eigenvalue weighted by molar-refractivity contribution is 8.13. The number of amides is 1. The summed E-state index contributed by atoms with van der Waals surface area (Å²) < 4.78 is 2.57. The number of fused-ring (bicyclic) bond motifs is 1. The molecule has 6 heteroatoms. The van der Waals surface area contributed by atoms with Crippen LogP contribution >= 0.6 is 11.1 Å². The maximum absolute atomic E-state index is 12.2. The predicted molar refractivity (Wildman–Crippen MR) is 82.4 cm³/mol. The van der Waals surface area contributed by atoms with Crippen LogP contribution in [0.1, 0.15) is 20.3 Å². The number of hydrogen-bond acceptors (Lipinski definition) is 4. The third kappa shape index (κ3) is 3.42. The number of thiol groups is 1. The molecule has 2 fully saturated rings. The molecule has 0 aromatic carbocycles. The van der Waals surface area contributed by atoms with E-state index in [1.165, 1.54) is 0 Å². The van der Waals surface area contributed by atoms with Crippen LogP contribution in [-0.2, 0) is 4.79 Å². The van der Waals surface area contributed by atoms with Gasteiger partial charge in [0, 0.05) is 32.2 Å². The highest BCUT2D eigenvalue weighted by atomic mass is 32.2. The average molecular weight is 288 g/mol. The fourth-order valence-electron chi connectivity index (χ4n) is 2.85. The molecule has 0 spiro atoms. The molecular formula is C13H28N4OS. The third-order valence-electron chi connectivity index (χ3n) is 4.07. The van der Waals surface area contributed by atoms with Crippen LogP contribution < -0.4 is 5.73 Å². The molecule has 0 saturated carbocycles. The molecule has 1 atom stereocenters. The Morgan fingerprint density at radius 1 is 1.26 bits per heavy atom. The number of carbonyl (C=O) groups is 1. The quantitative estimate of drug-likeness (QED) is 0.707. The fraction of sp³-hybridized carbons (Fsp3) is 0.923. The zero-order chi connectivity index (χ0) is 14.2. The van der Waals surface area contributed by atoms with Crippen molar-refractivity contribution < 1.29 is 4.79 Å². The Balaban J connectivity index is 1.94. The lowest BCUT2D eigenvalue weighted by molar-refractivity contribution is -0.139. The number of nitrogens with zero attached hydrogens (tertiary/aromatic N) is 3. The first-order valence-electron chi connectivity index (χ1n) is 7.03. The molecule has 112 valence electrons. The van der Waals surface area contributed by atoms with E-state index in [4.69, 9.17) is 5.73 Å². The van der Waals surface area contributed by atoms with Crippen molar-refractivity contribution in [3.63, 3.8) is 0 Å². The van der Waals surface area contributed by atoms with Crippen LogP contribution in [-0.4, -0.2) is 77.0 Å². The normalized spacial score (nSPS) is 27.1. The van der Waals surface area contributed by atoms with Crippen molar-refractivity contribution in [2.24, 2.45) is 5.73 Å². The maximum Gasteiger partial charge on any atom is 0.242 e. The van der Waals surface area contributed by atoms with Crippen LogP contribution in [0.25, 0.3) is 0 Å². The number of nitrogens with two attached hydrogens (primary N) is 1. The molecule has 0 aromatic heterocycles. The van der Waals surface area contributed by atoms with Crippen molar-refractivity contribution in [1.82, 2.24) is 14.1 Å². The molecule has 0 radical (unpaired) electrons. The molecule has 1 unspecified atom stereocenters. The van der Waals surface area contributed by atoms with Gasteiger partial charge >= 0.3 is 0 Å². The molecule has 5 nitrogen and oxygen atoms in total. The Hall–Kier alpha value is -0.300. The molecule has 2 heterocycles. The summed E-state index contributed by atoms with van der Waals surface area (Å²) in [6, 6.07) is 0.520. The van der Waals surface area contributed by atoms with E-state index in [0.29, 0.717) is 6.04 Å². The first-order valence-corrected chi connectivity index (χ1v) is 9.22. The Kier molecular flexibility index (Phi) is 4.45. The highest BCUT2D eigenvalue weighted by Crippen LogP contribution is 2.28. The van der Waals surface area contributed by atoms with Crippen molar-refractivity contribution in [3.8, 4) is 0 Å². The number of carbonyl (C=O) groups excluding carboxylic acids is 1. The van der Waals surface area contributed by atoms with Crippen LogP contribution in [0.5, 0.6) is 0 Å². The fourth-order valence-corrected chi connectivity index (χ4v) is 3.78. The summed E-state index contributed by atoms with van der Waals surface area (Å²) in [5.74, 6) is 0.0859. The van der Waals surface area contributed by atoms with Crippen molar-refractivity contribution in [1.29, 1.82) is 0 Å². The Bertz CT molecular complexity index is 342. The molecule has 1 amide bonds. The molecule has 2 N–H and O–H groups in total. The van der Waals surface area contributed by atoms with Crippen molar-refractivity contribution in [2.75, 3.05) is 45.4 Å². The Morgan fingerprint density at radius 2 is 1.95 bits per heavy atom. The van der Waals surface area contributed by atoms with E-state index in [-0.39, 0.29) is 17.0 Å². The maximum atomic E-state index is 12.2. The molecule has 0 aliphatic carbocycles. The van der Waals surface area contributed by atoms with Gasteiger partial charge in [0.15, 0.2) is 0 Å². The number of piperazine rings is 1. The molecule has 2 aliphatic heterocycles. The first kappa shape index (κ1) is 15.1. The molecule has 2 saturated heterocycles. The predicted octanol–water partition coefficient (Wildman–Crippen LogP) is 0.0755. The van der Waals surface area contributed by atoms with Gasteiger partial charge in [-0.2, -0.15) is 0 Å². The van der Waals surface area contributed by atoms with Crippen LogP contribution in [0, 0.1) is 0 Å². The van der Waals surface area contributed by atoms with Crippen molar-refractivity contribution >= 4 is 17.0 Å². The molecular weight excluding hydrogens is 260 g/mol. The van der Waals surface area contributed by atoms with E-state index in [0.717, 1.165) is 39.3 Å². The van der Waals surface area contributed by atoms with E-state index in [2.05, 4.69) is 21.7 Å². The van der Waals surface area contributed by atoms with Crippen LogP contribution in [0.15, 0.2) is 0 Å². The minimum atomic E-state index is -0.746. The third-order valence-corrected chi connectivity index (χ3v) is 5.53. The minimum absolute atomic E-state index is 0.00185. The zero-order valence-corrected chi connectivity index (χ0v) is 13.5. The molecule has 0 aromatic rings. The largest absolute Gasteiger partial charge is 0.338 e. The standard InChI is InChI=1S/C13H28N4OS/c1-13(2,14)12(18)15-7-8-16-10-17(19(3)4)6-5-11(16)9-15/h11,19H,5-10,14H2,1-4H3. The molecule has 0 bridgehead atoms. The summed E-state index contributed by atoms with van der Waals surface area (Å²) in [4.78, 5) is 16.7. The Morgan fingerprint density at radius 3 is 2.53 bits per heavy atom. The lowest BCUT2D eigenvalue weighted by atomic mass is 10.0. The second kappa shape index (κ2) is 5.60. The first-order chi connectivity index (χ1) is 8.79. The summed E-state index contributed by atoms with van der Waals surface area (Å²) in [5, 5.41) is 0. The second-order valence-corrected chi connectivity index (χ2v) is 8.71. The minimum Gasteiger partial charge on any atom is -0.338 e. The van der Waals surface area contributed by atoms with Gasteiger partial charge in [0.1, 0.15) is 0 Å². The monoisotopic (exact) mass is 288 g/mol. The van der Waals surface area contributed by atoms with E-state index in [1.807, 2.05) is 4.90 Å². The van der Waals surface area contributed by atoms with E-state index in [9.17, 15) is 4.79 Å². The van der Waals surface area contributed by atoms with Gasteiger partial charge in [-0.05, 0) is 32.8 Å².